The molecule has 0 heterocycles. The zero-order valence-corrected chi connectivity index (χ0v) is 9.57. The van der Waals surface area contributed by atoms with Crippen molar-refractivity contribution in [3.63, 3.8) is 0 Å². The third-order valence-electron chi connectivity index (χ3n) is 2.22. The quantitative estimate of drug-likeness (QED) is 0.433. The molecule has 0 bridgehead atoms. The van der Waals surface area contributed by atoms with Crippen LogP contribution in [0, 0.1) is 0 Å². The van der Waals surface area contributed by atoms with E-state index in [-0.39, 0.29) is 11.2 Å². The number of unbranched alkanes of at least 4 members (excludes halogenated alkanes) is 5. The molecule has 0 aromatic rings. The van der Waals surface area contributed by atoms with Crippen molar-refractivity contribution >= 4 is 17.4 Å². The van der Waals surface area contributed by atoms with E-state index >= 15 is 0 Å². The van der Waals surface area contributed by atoms with Crippen molar-refractivity contribution < 1.29 is 4.79 Å². The van der Waals surface area contributed by atoms with Crippen LogP contribution in [-0.4, -0.2) is 11.2 Å². The first-order valence-electron chi connectivity index (χ1n) is 5.35. The van der Waals surface area contributed by atoms with Crippen molar-refractivity contribution in [1.82, 2.24) is 0 Å². The van der Waals surface area contributed by atoms with Crippen LogP contribution in [0.25, 0.3) is 0 Å². The maximum absolute atomic E-state index is 11.1. The minimum absolute atomic E-state index is 0.192. The van der Waals surface area contributed by atoms with Gasteiger partial charge in [-0.1, -0.05) is 39.0 Å². The molecular formula is C11H21ClO. The van der Waals surface area contributed by atoms with Gasteiger partial charge < -0.3 is 0 Å². The summed E-state index contributed by atoms with van der Waals surface area (Å²) >= 11 is 5.64. The van der Waals surface area contributed by atoms with Gasteiger partial charge in [0.25, 0.3) is 0 Å². The molecular weight excluding hydrogens is 184 g/mol. The first-order valence-corrected chi connectivity index (χ1v) is 5.79. The Morgan fingerprint density at radius 2 is 1.69 bits per heavy atom. The number of alkyl halides is 1. The molecule has 0 radical (unpaired) electrons. The van der Waals surface area contributed by atoms with Crippen LogP contribution < -0.4 is 0 Å². The summed E-state index contributed by atoms with van der Waals surface area (Å²) in [6.07, 6.45) is 8.02. The topological polar surface area (TPSA) is 17.1 Å². The molecule has 0 saturated carbocycles. The van der Waals surface area contributed by atoms with Crippen molar-refractivity contribution in [3.05, 3.63) is 0 Å². The number of hydrogen-bond donors (Lipinski definition) is 0. The summed E-state index contributed by atoms with van der Waals surface area (Å²) in [5, 5.41) is -0.296. The van der Waals surface area contributed by atoms with E-state index in [0.717, 1.165) is 6.42 Å². The Balaban J connectivity index is 3.12. The predicted octanol–water partition coefficient (Wildman–Crippen LogP) is 3.93. The number of hydrogen-bond acceptors (Lipinski definition) is 1. The molecule has 0 aliphatic carbocycles. The third kappa shape index (κ3) is 8.29. The van der Waals surface area contributed by atoms with Gasteiger partial charge in [-0.2, -0.15) is 0 Å². The van der Waals surface area contributed by atoms with Gasteiger partial charge in [-0.15, -0.1) is 11.6 Å². The Bertz CT molecular complexity index is 132. The summed E-state index contributed by atoms with van der Waals surface area (Å²) in [5.41, 5.74) is 0. The highest BCUT2D eigenvalue weighted by atomic mass is 35.5. The largest absolute Gasteiger partial charge is 0.298 e. The summed E-state index contributed by atoms with van der Waals surface area (Å²) in [5.74, 6) is 0.192. The summed E-state index contributed by atoms with van der Waals surface area (Å²) in [6.45, 7) is 3.96. The van der Waals surface area contributed by atoms with Crippen molar-refractivity contribution in [3.8, 4) is 0 Å². The maximum atomic E-state index is 11.1. The fourth-order valence-electron chi connectivity index (χ4n) is 1.28. The summed E-state index contributed by atoms with van der Waals surface area (Å²) in [4.78, 5) is 11.1. The first kappa shape index (κ1) is 13.0. The van der Waals surface area contributed by atoms with E-state index in [1.807, 2.05) is 0 Å². The molecule has 78 valence electrons. The molecule has 1 nitrogen and oxygen atoms in total. The smallest absolute Gasteiger partial charge is 0.150 e. The van der Waals surface area contributed by atoms with Gasteiger partial charge in [0, 0.05) is 6.42 Å². The zero-order valence-electron chi connectivity index (χ0n) is 8.81. The number of ketones is 1. The molecule has 13 heavy (non-hydrogen) atoms. The fraction of sp³-hybridized carbons (Fsp3) is 0.909. The minimum atomic E-state index is -0.296. The molecule has 0 spiro atoms. The Hall–Kier alpha value is -0.0400. The van der Waals surface area contributed by atoms with E-state index in [0.29, 0.717) is 6.42 Å². The fourth-order valence-corrected chi connectivity index (χ4v) is 1.39. The highest BCUT2D eigenvalue weighted by Gasteiger charge is 2.07. The first-order chi connectivity index (χ1) is 6.18. The second kappa shape index (κ2) is 8.55. The monoisotopic (exact) mass is 204 g/mol. The van der Waals surface area contributed by atoms with Crippen LogP contribution in [0.5, 0.6) is 0 Å². The number of carbonyl (C=O) groups excluding carboxylic acids is 1. The van der Waals surface area contributed by atoms with Gasteiger partial charge >= 0.3 is 0 Å². The van der Waals surface area contributed by atoms with Crippen molar-refractivity contribution in [2.24, 2.45) is 0 Å². The van der Waals surface area contributed by atoms with Gasteiger partial charge in [0.05, 0.1) is 5.38 Å². The molecule has 0 amide bonds. The predicted molar refractivity (Wildman–Crippen MR) is 58.3 cm³/mol. The number of rotatable bonds is 8. The summed E-state index contributed by atoms with van der Waals surface area (Å²) in [7, 11) is 0. The van der Waals surface area contributed by atoms with E-state index in [1.165, 1.54) is 32.1 Å². The van der Waals surface area contributed by atoms with Crippen molar-refractivity contribution in [2.75, 3.05) is 0 Å². The zero-order chi connectivity index (χ0) is 10.1. The van der Waals surface area contributed by atoms with Gasteiger partial charge in [0.2, 0.25) is 0 Å². The Morgan fingerprint density at radius 3 is 2.23 bits per heavy atom. The van der Waals surface area contributed by atoms with Gasteiger partial charge in [-0.05, 0) is 13.3 Å². The molecule has 0 rings (SSSR count). The molecule has 0 N–H and O–H groups in total. The molecule has 0 aromatic heterocycles. The SMILES string of the molecule is CCCCCCCCC(=O)C(C)Cl. The highest BCUT2D eigenvalue weighted by Crippen LogP contribution is 2.09. The standard InChI is InChI=1S/C11H21ClO/c1-3-4-5-6-7-8-9-11(13)10(2)12/h10H,3-9H2,1-2H3. The molecule has 1 unspecified atom stereocenters. The number of halogens is 1. The average Bonchev–Trinajstić information content (AvgIpc) is 2.10. The Labute approximate surface area is 86.9 Å². The van der Waals surface area contributed by atoms with Gasteiger partial charge in [0.1, 0.15) is 5.78 Å². The van der Waals surface area contributed by atoms with Crippen molar-refractivity contribution in [1.29, 1.82) is 0 Å². The van der Waals surface area contributed by atoms with E-state index in [4.69, 9.17) is 11.6 Å². The highest BCUT2D eigenvalue weighted by molar-refractivity contribution is 6.30. The van der Waals surface area contributed by atoms with Gasteiger partial charge in [-0.25, -0.2) is 0 Å². The second-order valence-electron chi connectivity index (χ2n) is 3.60. The lowest BCUT2D eigenvalue weighted by Crippen LogP contribution is -2.09. The van der Waals surface area contributed by atoms with Crippen LogP contribution in [0.4, 0.5) is 0 Å². The minimum Gasteiger partial charge on any atom is -0.298 e. The van der Waals surface area contributed by atoms with E-state index in [2.05, 4.69) is 6.92 Å². The summed E-state index contributed by atoms with van der Waals surface area (Å²) < 4.78 is 0. The Kier molecular flexibility index (Phi) is 8.53. The number of carbonyl (C=O) groups is 1. The molecule has 0 fully saturated rings. The van der Waals surface area contributed by atoms with Crippen LogP contribution in [0.1, 0.15) is 58.8 Å². The molecule has 1 atom stereocenters. The average molecular weight is 205 g/mol. The van der Waals surface area contributed by atoms with Crippen LogP contribution in [0.2, 0.25) is 0 Å². The maximum Gasteiger partial charge on any atom is 0.150 e. The van der Waals surface area contributed by atoms with E-state index in [1.54, 1.807) is 6.92 Å². The molecule has 2 heteroatoms. The lowest BCUT2D eigenvalue weighted by molar-refractivity contribution is -0.118. The third-order valence-corrected chi connectivity index (χ3v) is 2.46. The van der Waals surface area contributed by atoms with E-state index in [9.17, 15) is 4.79 Å². The van der Waals surface area contributed by atoms with Gasteiger partial charge in [-0.3, -0.25) is 4.79 Å². The summed E-state index contributed by atoms with van der Waals surface area (Å²) in [6, 6.07) is 0. The molecule has 0 saturated heterocycles. The Morgan fingerprint density at radius 1 is 1.15 bits per heavy atom. The lowest BCUT2D eigenvalue weighted by atomic mass is 10.1. The van der Waals surface area contributed by atoms with Crippen LogP contribution >= 0.6 is 11.6 Å². The van der Waals surface area contributed by atoms with Crippen molar-refractivity contribution in [2.45, 2.75) is 64.2 Å². The van der Waals surface area contributed by atoms with Crippen LogP contribution in [0.15, 0.2) is 0 Å². The van der Waals surface area contributed by atoms with Crippen LogP contribution in [-0.2, 0) is 4.79 Å². The molecule has 0 aromatic carbocycles. The van der Waals surface area contributed by atoms with Crippen LogP contribution in [0.3, 0.4) is 0 Å². The molecule has 0 aliphatic heterocycles. The number of Topliss-reactive ketones (excluding diaryl/α,β-unsaturated/α-hetero) is 1. The molecule has 0 aliphatic rings. The second-order valence-corrected chi connectivity index (χ2v) is 4.25. The van der Waals surface area contributed by atoms with E-state index < -0.39 is 0 Å². The van der Waals surface area contributed by atoms with Gasteiger partial charge in [0.15, 0.2) is 0 Å². The normalized spacial score (nSPS) is 12.8. The lowest BCUT2D eigenvalue weighted by Gasteiger charge is -2.02.